The van der Waals surface area contributed by atoms with Crippen molar-refractivity contribution in [1.29, 1.82) is 0 Å². The Bertz CT molecular complexity index is 425. The molecule has 0 saturated heterocycles. The summed E-state index contributed by atoms with van der Waals surface area (Å²) >= 11 is 3.41. The third kappa shape index (κ3) is 3.35. The SMILES string of the molecule is Brc1ccc(NCCc2ccccn2)cc1. The smallest absolute Gasteiger partial charge is 0.0421 e. The van der Waals surface area contributed by atoms with Crippen LogP contribution in [0.2, 0.25) is 0 Å². The second-order valence-corrected chi connectivity index (χ2v) is 4.42. The Hall–Kier alpha value is -1.35. The van der Waals surface area contributed by atoms with Gasteiger partial charge < -0.3 is 5.32 Å². The van der Waals surface area contributed by atoms with Crippen LogP contribution in [0, 0.1) is 0 Å². The van der Waals surface area contributed by atoms with Gasteiger partial charge in [-0.2, -0.15) is 0 Å². The largest absolute Gasteiger partial charge is 0.385 e. The van der Waals surface area contributed by atoms with Gasteiger partial charge in [0.1, 0.15) is 0 Å². The van der Waals surface area contributed by atoms with Crippen LogP contribution in [0.25, 0.3) is 0 Å². The topological polar surface area (TPSA) is 24.9 Å². The van der Waals surface area contributed by atoms with Crippen LogP contribution in [0.3, 0.4) is 0 Å². The summed E-state index contributed by atoms with van der Waals surface area (Å²) in [5, 5.41) is 3.36. The molecule has 1 aromatic heterocycles. The minimum absolute atomic E-state index is 0.901. The Morgan fingerprint density at radius 3 is 2.56 bits per heavy atom. The van der Waals surface area contributed by atoms with Crippen molar-refractivity contribution in [3.63, 3.8) is 0 Å². The van der Waals surface area contributed by atoms with Crippen LogP contribution in [0.5, 0.6) is 0 Å². The van der Waals surface area contributed by atoms with E-state index in [1.807, 2.05) is 36.5 Å². The highest BCUT2D eigenvalue weighted by molar-refractivity contribution is 9.10. The monoisotopic (exact) mass is 276 g/mol. The molecule has 0 aliphatic rings. The number of benzene rings is 1. The molecule has 16 heavy (non-hydrogen) atoms. The number of nitrogens with one attached hydrogen (secondary N) is 1. The predicted molar refractivity (Wildman–Crippen MR) is 70.6 cm³/mol. The second-order valence-electron chi connectivity index (χ2n) is 3.50. The molecule has 82 valence electrons. The Labute approximate surface area is 104 Å². The molecule has 0 unspecified atom stereocenters. The molecule has 1 N–H and O–H groups in total. The van der Waals surface area contributed by atoms with E-state index < -0.39 is 0 Å². The fourth-order valence-electron chi connectivity index (χ4n) is 1.45. The van der Waals surface area contributed by atoms with Crippen molar-refractivity contribution in [3.05, 3.63) is 58.8 Å². The van der Waals surface area contributed by atoms with E-state index in [1.54, 1.807) is 0 Å². The fourth-order valence-corrected chi connectivity index (χ4v) is 1.71. The molecular formula is C13H13BrN2. The Morgan fingerprint density at radius 2 is 1.88 bits per heavy atom. The van der Waals surface area contributed by atoms with Gasteiger partial charge in [0.2, 0.25) is 0 Å². The third-order valence-corrected chi connectivity index (χ3v) is 2.81. The summed E-state index contributed by atoms with van der Waals surface area (Å²) in [5.41, 5.74) is 2.26. The van der Waals surface area contributed by atoms with Gasteiger partial charge >= 0.3 is 0 Å². The van der Waals surface area contributed by atoms with Crippen molar-refractivity contribution < 1.29 is 0 Å². The summed E-state index contributed by atoms with van der Waals surface area (Å²) < 4.78 is 1.10. The number of pyridine rings is 1. The number of anilines is 1. The van der Waals surface area contributed by atoms with Gasteiger partial charge in [0, 0.05) is 35.0 Å². The molecule has 0 atom stereocenters. The lowest BCUT2D eigenvalue weighted by atomic mass is 10.2. The summed E-state index contributed by atoms with van der Waals surface area (Å²) in [5.74, 6) is 0. The van der Waals surface area contributed by atoms with E-state index in [9.17, 15) is 0 Å². The van der Waals surface area contributed by atoms with E-state index in [2.05, 4.69) is 38.4 Å². The maximum Gasteiger partial charge on any atom is 0.0421 e. The Kier molecular flexibility index (Phi) is 3.94. The quantitative estimate of drug-likeness (QED) is 0.925. The molecule has 1 aromatic carbocycles. The van der Waals surface area contributed by atoms with Gasteiger partial charge in [0.05, 0.1) is 0 Å². The lowest BCUT2D eigenvalue weighted by Crippen LogP contribution is -2.05. The highest BCUT2D eigenvalue weighted by Gasteiger charge is 1.94. The highest BCUT2D eigenvalue weighted by atomic mass is 79.9. The summed E-state index contributed by atoms with van der Waals surface area (Å²) in [7, 11) is 0. The molecule has 2 rings (SSSR count). The first-order valence-electron chi connectivity index (χ1n) is 5.24. The summed E-state index contributed by atoms with van der Waals surface area (Å²) in [4.78, 5) is 4.28. The maximum absolute atomic E-state index is 4.28. The van der Waals surface area contributed by atoms with Crippen LogP contribution in [0.4, 0.5) is 5.69 Å². The first kappa shape index (κ1) is 11.1. The van der Waals surface area contributed by atoms with Gasteiger partial charge in [-0.05, 0) is 36.4 Å². The standard InChI is InChI=1S/C13H13BrN2/c14-11-4-6-13(7-5-11)16-10-8-12-3-1-2-9-15-12/h1-7,9,16H,8,10H2. The van der Waals surface area contributed by atoms with Gasteiger partial charge in [0.25, 0.3) is 0 Å². The molecule has 0 aliphatic carbocycles. The van der Waals surface area contributed by atoms with Gasteiger partial charge in [-0.15, -0.1) is 0 Å². The fraction of sp³-hybridized carbons (Fsp3) is 0.154. The molecule has 3 heteroatoms. The van der Waals surface area contributed by atoms with E-state index >= 15 is 0 Å². The normalized spacial score (nSPS) is 10.1. The van der Waals surface area contributed by atoms with Crippen molar-refractivity contribution in [3.8, 4) is 0 Å². The van der Waals surface area contributed by atoms with E-state index in [1.165, 1.54) is 0 Å². The molecule has 2 nitrogen and oxygen atoms in total. The first-order valence-corrected chi connectivity index (χ1v) is 6.03. The number of hydrogen-bond donors (Lipinski definition) is 1. The molecule has 2 aromatic rings. The molecule has 0 radical (unpaired) electrons. The van der Waals surface area contributed by atoms with E-state index in [4.69, 9.17) is 0 Å². The molecule has 0 spiro atoms. The molecular weight excluding hydrogens is 264 g/mol. The van der Waals surface area contributed by atoms with Crippen LogP contribution in [0.1, 0.15) is 5.69 Å². The first-order chi connectivity index (χ1) is 7.84. The van der Waals surface area contributed by atoms with Gasteiger partial charge in [-0.1, -0.05) is 22.0 Å². The Balaban J connectivity index is 1.82. The van der Waals surface area contributed by atoms with Gasteiger partial charge in [-0.25, -0.2) is 0 Å². The lowest BCUT2D eigenvalue weighted by Gasteiger charge is -2.05. The van der Waals surface area contributed by atoms with Crippen LogP contribution in [-0.2, 0) is 6.42 Å². The molecule has 1 heterocycles. The zero-order valence-electron chi connectivity index (χ0n) is 8.86. The summed E-state index contributed by atoms with van der Waals surface area (Å²) in [6.07, 6.45) is 2.77. The van der Waals surface area contributed by atoms with Crippen molar-refractivity contribution in [2.45, 2.75) is 6.42 Å². The number of halogens is 1. The number of rotatable bonds is 4. The van der Waals surface area contributed by atoms with Crippen LogP contribution >= 0.6 is 15.9 Å². The summed E-state index contributed by atoms with van der Waals surface area (Å²) in [6.45, 7) is 0.901. The van der Waals surface area contributed by atoms with E-state index in [0.717, 1.165) is 28.8 Å². The number of aromatic nitrogens is 1. The second kappa shape index (κ2) is 5.66. The Morgan fingerprint density at radius 1 is 1.06 bits per heavy atom. The molecule has 0 saturated carbocycles. The van der Waals surface area contributed by atoms with Crippen molar-refractivity contribution in [2.24, 2.45) is 0 Å². The maximum atomic E-state index is 4.28. The van der Waals surface area contributed by atoms with Crippen LogP contribution in [0.15, 0.2) is 53.1 Å². The van der Waals surface area contributed by atoms with Crippen LogP contribution in [-0.4, -0.2) is 11.5 Å². The van der Waals surface area contributed by atoms with E-state index in [0.29, 0.717) is 0 Å². The lowest BCUT2D eigenvalue weighted by molar-refractivity contribution is 0.961. The summed E-state index contributed by atoms with van der Waals surface area (Å²) in [6, 6.07) is 14.2. The minimum Gasteiger partial charge on any atom is -0.385 e. The third-order valence-electron chi connectivity index (χ3n) is 2.28. The highest BCUT2D eigenvalue weighted by Crippen LogP contribution is 2.13. The predicted octanol–water partition coefficient (Wildman–Crippen LogP) is 3.50. The average molecular weight is 277 g/mol. The van der Waals surface area contributed by atoms with Gasteiger partial charge in [0.15, 0.2) is 0 Å². The van der Waals surface area contributed by atoms with Crippen molar-refractivity contribution >= 4 is 21.6 Å². The molecule has 0 aliphatic heterocycles. The van der Waals surface area contributed by atoms with Crippen LogP contribution < -0.4 is 5.32 Å². The zero-order chi connectivity index (χ0) is 11.2. The number of nitrogens with zero attached hydrogens (tertiary/aromatic N) is 1. The molecule has 0 fully saturated rings. The van der Waals surface area contributed by atoms with Crippen molar-refractivity contribution in [2.75, 3.05) is 11.9 Å². The molecule has 0 amide bonds. The molecule has 0 bridgehead atoms. The zero-order valence-corrected chi connectivity index (χ0v) is 10.4. The van der Waals surface area contributed by atoms with Gasteiger partial charge in [-0.3, -0.25) is 4.98 Å². The minimum atomic E-state index is 0.901. The van der Waals surface area contributed by atoms with Crippen molar-refractivity contribution in [1.82, 2.24) is 4.98 Å². The average Bonchev–Trinajstić information content (AvgIpc) is 2.33. The number of hydrogen-bond acceptors (Lipinski definition) is 2. The van der Waals surface area contributed by atoms with E-state index in [-0.39, 0.29) is 0 Å².